The number of nitrogens with two attached hydrogens (primary N) is 1. The molecule has 4 N–H and O–H groups in total. The van der Waals surface area contributed by atoms with E-state index in [0.717, 1.165) is 0 Å². The largest absolute Gasteiger partial charge is 0.480 e. The van der Waals surface area contributed by atoms with E-state index in [1.165, 1.54) is 0 Å². The Balaban J connectivity index is -0.000000980. The van der Waals surface area contributed by atoms with Crippen molar-refractivity contribution in [2.75, 3.05) is 39.4 Å². The van der Waals surface area contributed by atoms with Crippen LogP contribution in [0, 0.1) is 0 Å². The van der Waals surface area contributed by atoms with E-state index >= 15 is 0 Å². The van der Waals surface area contributed by atoms with Gasteiger partial charge in [-0.3, -0.25) is 9.69 Å². The lowest BCUT2D eigenvalue weighted by molar-refractivity contribution is -0.143. The van der Waals surface area contributed by atoms with Crippen LogP contribution in [0.5, 0.6) is 0 Å². The molecule has 0 aromatic heterocycles. The maximum atomic E-state index is 10.4. The second-order valence-corrected chi connectivity index (χ2v) is 2.90. The number of carboxylic acids is 2. The standard InChI is InChI=1S/C8H16N2O5.2ClH/c9-1-2-10(5-7(11)12)3-4-15-6-8(13)14;;/h1-6,9H2,(H,11,12)(H,13,14);2*1H. The monoisotopic (exact) mass is 292 g/mol. The maximum Gasteiger partial charge on any atom is 0.329 e. The number of aliphatic carboxylic acids is 2. The Morgan fingerprint density at radius 1 is 1.12 bits per heavy atom. The Kier molecular flexibility index (Phi) is 17.2. The van der Waals surface area contributed by atoms with Gasteiger partial charge < -0.3 is 20.7 Å². The lowest BCUT2D eigenvalue weighted by Gasteiger charge is -2.18. The van der Waals surface area contributed by atoms with Gasteiger partial charge in [0, 0.05) is 19.6 Å². The van der Waals surface area contributed by atoms with Crippen LogP contribution in [0.1, 0.15) is 0 Å². The molecule has 0 spiro atoms. The normalized spacial score (nSPS) is 9.29. The quantitative estimate of drug-likeness (QED) is 0.481. The van der Waals surface area contributed by atoms with Gasteiger partial charge in [-0.15, -0.1) is 24.8 Å². The van der Waals surface area contributed by atoms with Gasteiger partial charge in [0.2, 0.25) is 0 Å². The summed E-state index contributed by atoms with van der Waals surface area (Å²) in [5.41, 5.74) is 5.29. The van der Waals surface area contributed by atoms with Crippen molar-refractivity contribution in [2.45, 2.75) is 0 Å². The van der Waals surface area contributed by atoms with Crippen molar-refractivity contribution in [1.29, 1.82) is 0 Å². The summed E-state index contributed by atoms with van der Waals surface area (Å²) in [5, 5.41) is 16.8. The number of rotatable bonds is 9. The van der Waals surface area contributed by atoms with Gasteiger partial charge >= 0.3 is 11.9 Å². The molecule has 104 valence electrons. The SMILES string of the molecule is Cl.Cl.NCCN(CCOCC(=O)O)CC(=O)O. The first-order chi connectivity index (χ1) is 7.06. The minimum atomic E-state index is -1.04. The first-order valence-corrected chi connectivity index (χ1v) is 4.50. The van der Waals surface area contributed by atoms with Gasteiger partial charge in [0.25, 0.3) is 0 Å². The number of nitrogens with zero attached hydrogens (tertiary/aromatic N) is 1. The smallest absolute Gasteiger partial charge is 0.329 e. The fourth-order valence-corrected chi connectivity index (χ4v) is 0.997. The molecule has 0 aromatic rings. The highest BCUT2D eigenvalue weighted by atomic mass is 35.5. The van der Waals surface area contributed by atoms with E-state index in [-0.39, 0.29) is 44.6 Å². The van der Waals surface area contributed by atoms with Crippen LogP contribution < -0.4 is 5.73 Å². The topological polar surface area (TPSA) is 113 Å². The van der Waals surface area contributed by atoms with Gasteiger partial charge in [-0.25, -0.2) is 4.79 Å². The lowest BCUT2D eigenvalue weighted by atomic mass is 10.4. The van der Waals surface area contributed by atoms with Crippen LogP contribution in [0.2, 0.25) is 0 Å². The Morgan fingerprint density at radius 2 is 1.71 bits per heavy atom. The van der Waals surface area contributed by atoms with Crippen LogP contribution in [0.4, 0.5) is 0 Å². The number of ether oxygens (including phenoxy) is 1. The minimum absolute atomic E-state index is 0. The van der Waals surface area contributed by atoms with E-state index in [1.54, 1.807) is 4.90 Å². The lowest BCUT2D eigenvalue weighted by Crippen LogP contribution is -2.36. The predicted octanol–water partition coefficient (Wildman–Crippen LogP) is -0.723. The highest BCUT2D eigenvalue weighted by Crippen LogP contribution is 1.88. The summed E-state index contributed by atoms with van der Waals surface area (Å²) in [6.07, 6.45) is 0. The molecule has 0 rings (SSSR count). The number of halogens is 2. The summed E-state index contributed by atoms with van der Waals surface area (Å²) >= 11 is 0. The van der Waals surface area contributed by atoms with Crippen LogP contribution in [0.25, 0.3) is 0 Å². The van der Waals surface area contributed by atoms with Crippen molar-refractivity contribution < 1.29 is 24.5 Å². The van der Waals surface area contributed by atoms with Crippen LogP contribution in [0.3, 0.4) is 0 Å². The second-order valence-electron chi connectivity index (χ2n) is 2.90. The van der Waals surface area contributed by atoms with Crippen molar-refractivity contribution in [3.8, 4) is 0 Å². The van der Waals surface area contributed by atoms with E-state index < -0.39 is 11.9 Å². The molecule has 0 saturated carbocycles. The summed E-state index contributed by atoms with van der Waals surface area (Å²) in [5.74, 6) is -1.99. The molecule has 0 saturated heterocycles. The Bertz CT molecular complexity index is 218. The molecule has 0 aliphatic rings. The van der Waals surface area contributed by atoms with Gasteiger partial charge in [-0.2, -0.15) is 0 Å². The van der Waals surface area contributed by atoms with E-state index in [1.807, 2.05) is 0 Å². The molecule has 0 heterocycles. The summed E-state index contributed by atoms with van der Waals surface area (Å²) in [4.78, 5) is 22.1. The first kappa shape index (κ1) is 21.7. The van der Waals surface area contributed by atoms with Gasteiger partial charge in [0.15, 0.2) is 0 Å². The van der Waals surface area contributed by atoms with E-state index in [4.69, 9.17) is 20.7 Å². The Morgan fingerprint density at radius 3 is 2.12 bits per heavy atom. The van der Waals surface area contributed by atoms with Crippen molar-refractivity contribution >= 4 is 36.8 Å². The number of hydrogen-bond donors (Lipinski definition) is 3. The summed E-state index contributed by atoms with van der Waals surface area (Å²) in [6.45, 7) is 0.850. The van der Waals surface area contributed by atoms with Crippen molar-refractivity contribution in [1.82, 2.24) is 4.90 Å². The molecule has 0 radical (unpaired) electrons. The molecule has 0 aliphatic carbocycles. The molecule has 0 aromatic carbocycles. The minimum Gasteiger partial charge on any atom is -0.480 e. The molecule has 0 unspecified atom stereocenters. The third-order valence-corrected chi connectivity index (χ3v) is 1.58. The zero-order valence-electron chi connectivity index (χ0n) is 9.20. The fraction of sp³-hybridized carbons (Fsp3) is 0.750. The first-order valence-electron chi connectivity index (χ1n) is 4.50. The fourth-order valence-electron chi connectivity index (χ4n) is 0.997. The second kappa shape index (κ2) is 13.5. The van der Waals surface area contributed by atoms with E-state index in [9.17, 15) is 9.59 Å². The molecule has 9 heteroatoms. The van der Waals surface area contributed by atoms with Crippen molar-refractivity contribution in [3.63, 3.8) is 0 Å². The van der Waals surface area contributed by atoms with E-state index in [0.29, 0.717) is 19.6 Å². The van der Waals surface area contributed by atoms with Crippen LogP contribution in [-0.2, 0) is 14.3 Å². The molecular weight excluding hydrogens is 275 g/mol. The number of carboxylic acid groups (broad SMARTS) is 2. The van der Waals surface area contributed by atoms with Crippen molar-refractivity contribution in [2.24, 2.45) is 5.73 Å². The third kappa shape index (κ3) is 15.4. The van der Waals surface area contributed by atoms with Gasteiger partial charge in [0.1, 0.15) is 6.61 Å². The Labute approximate surface area is 112 Å². The van der Waals surface area contributed by atoms with Crippen LogP contribution in [0.15, 0.2) is 0 Å². The molecule has 7 nitrogen and oxygen atoms in total. The van der Waals surface area contributed by atoms with Crippen molar-refractivity contribution in [3.05, 3.63) is 0 Å². The zero-order valence-corrected chi connectivity index (χ0v) is 10.8. The van der Waals surface area contributed by atoms with Crippen LogP contribution in [-0.4, -0.2) is 66.4 Å². The molecule has 0 aliphatic heterocycles. The summed E-state index contributed by atoms with van der Waals surface area (Å²) < 4.78 is 4.78. The average molecular weight is 293 g/mol. The highest BCUT2D eigenvalue weighted by Gasteiger charge is 2.08. The molecule has 0 atom stereocenters. The third-order valence-electron chi connectivity index (χ3n) is 1.58. The maximum absolute atomic E-state index is 10.4. The zero-order chi connectivity index (χ0) is 11.7. The van der Waals surface area contributed by atoms with Gasteiger partial charge in [-0.05, 0) is 0 Å². The molecule has 0 fully saturated rings. The molecule has 17 heavy (non-hydrogen) atoms. The number of carbonyl (C=O) groups is 2. The molecule has 0 bridgehead atoms. The Hall–Kier alpha value is -0.600. The highest BCUT2D eigenvalue weighted by molar-refractivity contribution is 5.85. The summed E-state index contributed by atoms with van der Waals surface area (Å²) in [7, 11) is 0. The summed E-state index contributed by atoms with van der Waals surface area (Å²) in [6, 6.07) is 0. The van der Waals surface area contributed by atoms with Crippen LogP contribution >= 0.6 is 24.8 Å². The average Bonchev–Trinajstić information content (AvgIpc) is 2.11. The van der Waals surface area contributed by atoms with Gasteiger partial charge in [-0.1, -0.05) is 0 Å². The van der Waals surface area contributed by atoms with Gasteiger partial charge in [0.05, 0.1) is 13.2 Å². The van der Waals surface area contributed by atoms with E-state index in [2.05, 4.69) is 0 Å². The number of hydrogen-bond acceptors (Lipinski definition) is 5. The predicted molar refractivity (Wildman–Crippen MR) is 66.1 cm³/mol. The molecule has 0 amide bonds. The molecular formula is C8H18Cl2N2O5.